The van der Waals surface area contributed by atoms with Crippen molar-refractivity contribution in [2.75, 3.05) is 7.11 Å². The lowest BCUT2D eigenvalue weighted by Gasteiger charge is -2.25. The van der Waals surface area contributed by atoms with Crippen LogP contribution in [0.5, 0.6) is 5.75 Å². The number of methoxy groups -OCH3 is 1. The van der Waals surface area contributed by atoms with Gasteiger partial charge in [-0.3, -0.25) is 0 Å². The molecule has 0 bridgehead atoms. The Balaban J connectivity index is 2.44. The summed E-state index contributed by atoms with van der Waals surface area (Å²) in [6.07, 6.45) is 0.626. The number of benzene rings is 1. The van der Waals surface area contributed by atoms with E-state index >= 15 is 0 Å². The molecule has 1 aliphatic heterocycles. The Kier molecular flexibility index (Phi) is 3.41. The van der Waals surface area contributed by atoms with Gasteiger partial charge in [0.2, 0.25) is 0 Å². The van der Waals surface area contributed by atoms with Crippen LogP contribution in [0.25, 0.3) is 0 Å². The molecule has 98 valence electrons. The van der Waals surface area contributed by atoms with E-state index in [9.17, 15) is 5.21 Å². The molecule has 2 rings (SSSR count). The predicted molar refractivity (Wildman–Crippen MR) is 69.7 cm³/mol. The van der Waals surface area contributed by atoms with Gasteiger partial charge in [0.05, 0.1) is 12.7 Å². The van der Waals surface area contributed by atoms with E-state index < -0.39 is 0 Å². The van der Waals surface area contributed by atoms with Gasteiger partial charge in [0.1, 0.15) is 11.3 Å². The fourth-order valence-electron chi connectivity index (χ4n) is 2.50. The molecule has 4 heteroatoms. The first-order valence-corrected chi connectivity index (χ1v) is 6.26. The van der Waals surface area contributed by atoms with E-state index in [1.165, 1.54) is 5.06 Å². The van der Waals surface area contributed by atoms with Crippen LogP contribution in [-0.4, -0.2) is 28.6 Å². The molecule has 0 aliphatic carbocycles. The van der Waals surface area contributed by atoms with Crippen LogP contribution in [0.15, 0.2) is 24.3 Å². The lowest BCUT2D eigenvalue weighted by molar-refractivity contribution is -0.549. The molecule has 0 saturated carbocycles. The first kappa shape index (κ1) is 13.1. The highest BCUT2D eigenvalue weighted by atomic mass is 16.5. The van der Waals surface area contributed by atoms with Gasteiger partial charge < -0.3 is 9.94 Å². The monoisotopic (exact) mass is 249 g/mol. The Bertz CT molecular complexity index is 469. The third kappa shape index (κ3) is 1.91. The molecule has 2 N–H and O–H groups in total. The summed E-state index contributed by atoms with van der Waals surface area (Å²) in [5.74, 6) is 0.780. The van der Waals surface area contributed by atoms with Gasteiger partial charge in [0.25, 0.3) is 6.17 Å². The number of hydrogen-bond donors (Lipinski definition) is 2. The molecule has 0 saturated heterocycles. The Hall–Kier alpha value is -1.39. The largest absolute Gasteiger partial charge is 0.496 e. The molecule has 1 aromatic rings. The van der Waals surface area contributed by atoms with Gasteiger partial charge in [-0.15, -0.1) is 5.06 Å². The van der Waals surface area contributed by atoms with Gasteiger partial charge in [-0.1, -0.05) is 19.1 Å². The van der Waals surface area contributed by atoms with Crippen LogP contribution in [0.3, 0.4) is 0 Å². The average molecular weight is 249 g/mol. The highest BCUT2D eigenvalue weighted by molar-refractivity contribution is 5.88. The number of para-hydroxylation sites is 1. The van der Waals surface area contributed by atoms with Crippen molar-refractivity contribution in [3.05, 3.63) is 29.8 Å². The summed E-state index contributed by atoms with van der Waals surface area (Å²) in [4.78, 5) is 3.38. The fraction of sp³-hybridized carbons (Fsp3) is 0.500. The Morgan fingerprint density at radius 1 is 1.39 bits per heavy atom. The first-order valence-electron chi connectivity index (χ1n) is 6.26. The van der Waals surface area contributed by atoms with Crippen molar-refractivity contribution in [3.63, 3.8) is 0 Å². The molecule has 4 nitrogen and oxygen atoms in total. The quantitative estimate of drug-likeness (QED) is 0.843. The van der Waals surface area contributed by atoms with Crippen LogP contribution in [0.2, 0.25) is 0 Å². The highest BCUT2D eigenvalue weighted by Gasteiger charge is 2.48. The molecule has 1 aromatic carbocycles. The zero-order valence-electron chi connectivity index (χ0n) is 11.4. The lowest BCUT2D eigenvalue weighted by atomic mass is 9.97. The van der Waals surface area contributed by atoms with Crippen LogP contribution >= 0.6 is 0 Å². The van der Waals surface area contributed by atoms with Crippen LogP contribution in [0.4, 0.5) is 0 Å². The van der Waals surface area contributed by atoms with Crippen molar-refractivity contribution in [3.8, 4) is 5.75 Å². The van der Waals surface area contributed by atoms with Gasteiger partial charge in [0.15, 0.2) is 5.71 Å². The van der Waals surface area contributed by atoms with Crippen LogP contribution in [0.1, 0.15) is 38.9 Å². The van der Waals surface area contributed by atoms with Crippen molar-refractivity contribution >= 4 is 5.71 Å². The van der Waals surface area contributed by atoms with Crippen molar-refractivity contribution in [1.82, 2.24) is 5.06 Å². The molecule has 0 spiro atoms. The van der Waals surface area contributed by atoms with Crippen molar-refractivity contribution < 1.29 is 14.9 Å². The Morgan fingerprint density at radius 3 is 2.61 bits per heavy atom. The minimum atomic E-state index is -0.375. The topological polar surface area (TPSA) is 46.7 Å². The van der Waals surface area contributed by atoms with Gasteiger partial charge >= 0.3 is 0 Å². The molecule has 0 aromatic heterocycles. The van der Waals surface area contributed by atoms with Crippen LogP contribution in [0, 0.1) is 0 Å². The molecule has 0 radical (unpaired) electrons. The zero-order chi connectivity index (χ0) is 13.3. The summed E-state index contributed by atoms with van der Waals surface area (Å²) >= 11 is 0. The third-order valence-electron chi connectivity index (χ3n) is 3.65. The summed E-state index contributed by atoms with van der Waals surface area (Å²) in [5.41, 5.74) is 1.69. The summed E-state index contributed by atoms with van der Waals surface area (Å²) in [6.45, 7) is 6.10. The molecule has 0 unspecified atom stereocenters. The van der Waals surface area contributed by atoms with Crippen molar-refractivity contribution in [2.24, 2.45) is 0 Å². The Labute approximate surface area is 108 Å². The summed E-state index contributed by atoms with van der Waals surface area (Å²) < 4.78 is 5.36. The van der Waals surface area contributed by atoms with E-state index in [1.54, 1.807) is 7.11 Å². The van der Waals surface area contributed by atoms with E-state index in [2.05, 4.69) is 11.9 Å². The summed E-state index contributed by atoms with van der Waals surface area (Å²) in [5, 5.41) is 11.8. The maximum atomic E-state index is 10.4. The lowest BCUT2D eigenvalue weighted by Crippen LogP contribution is -2.72. The number of ether oxygens (including phenoxy) is 1. The minimum Gasteiger partial charge on any atom is -0.496 e. The normalized spacial score (nSPS) is 22.9. The van der Waals surface area contributed by atoms with E-state index in [0.29, 0.717) is 0 Å². The number of nitrogens with one attached hydrogen (secondary N) is 1. The van der Waals surface area contributed by atoms with Crippen molar-refractivity contribution in [1.29, 1.82) is 0 Å². The predicted octanol–water partition coefficient (Wildman–Crippen LogP) is 1.11. The molecule has 1 aliphatic rings. The van der Waals surface area contributed by atoms with E-state index in [1.807, 2.05) is 38.1 Å². The molecular formula is C14H21N2O2+. The third-order valence-corrected chi connectivity index (χ3v) is 3.65. The smallest absolute Gasteiger partial charge is 0.259 e. The minimum absolute atomic E-state index is 0.258. The summed E-state index contributed by atoms with van der Waals surface area (Å²) in [7, 11) is 1.64. The zero-order valence-corrected chi connectivity index (χ0v) is 11.4. The van der Waals surface area contributed by atoms with Crippen molar-refractivity contribution in [2.45, 2.75) is 38.9 Å². The van der Waals surface area contributed by atoms with E-state index in [-0.39, 0.29) is 11.7 Å². The van der Waals surface area contributed by atoms with Crippen LogP contribution < -0.4 is 9.73 Å². The second-order valence-electron chi connectivity index (χ2n) is 5.02. The number of rotatable bonds is 3. The standard InChI is InChI=1S/C14H20N2O2/c1-5-12-14(2,3)16(17)13(15-12)10-8-6-7-9-11(10)18-4/h6-9,13,17H,5H2,1-4H3/p+1/t13-/m0/s1. The van der Waals surface area contributed by atoms with Gasteiger partial charge in [-0.05, 0) is 26.0 Å². The Morgan fingerprint density at radius 2 is 2.06 bits per heavy atom. The fourth-order valence-corrected chi connectivity index (χ4v) is 2.50. The van der Waals surface area contributed by atoms with E-state index in [4.69, 9.17) is 4.74 Å². The second kappa shape index (κ2) is 4.71. The highest BCUT2D eigenvalue weighted by Crippen LogP contribution is 2.31. The maximum Gasteiger partial charge on any atom is 0.259 e. The summed E-state index contributed by atoms with van der Waals surface area (Å²) in [6, 6.07) is 7.75. The van der Waals surface area contributed by atoms with Gasteiger partial charge in [-0.25, -0.2) is 4.99 Å². The molecule has 18 heavy (non-hydrogen) atoms. The van der Waals surface area contributed by atoms with Gasteiger partial charge in [-0.2, -0.15) is 0 Å². The number of hydrogen-bond acceptors (Lipinski definition) is 3. The van der Waals surface area contributed by atoms with E-state index in [0.717, 1.165) is 23.4 Å². The maximum absolute atomic E-state index is 10.4. The second-order valence-corrected chi connectivity index (χ2v) is 5.02. The average Bonchev–Trinajstić information content (AvgIpc) is 2.61. The molecular weight excluding hydrogens is 228 g/mol. The first-order chi connectivity index (χ1) is 8.52. The number of nitrogens with zero attached hydrogens (tertiary/aromatic N) is 1. The SMILES string of the molecule is CCC1=[NH+][C@H](c2ccccc2OC)N(O)C1(C)C. The molecule has 0 amide bonds. The molecule has 1 heterocycles. The van der Waals surface area contributed by atoms with Gasteiger partial charge in [0, 0.05) is 6.42 Å². The van der Waals surface area contributed by atoms with Crippen LogP contribution in [-0.2, 0) is 0 Å². The molecule has 0 fully saturated rings. The molecule has 1 atom stereocenters. The number of hydroxylamine groups is 2.